The van der Waals surface area contributed by atoms with Gasteiger partial charge in [0.15, 0.2) is 0 Å². The Balaban J connectivity index is 2.33. The number of amides is 1. The van der Waals surface area contributed by atoms with Crippen LogP contribution in [0.15, 0.2) is 51.8 Å². The van der Waals surface area contributed by atoms with Crippen LogP contribution in [0.1, 0.15) is 20.7 Å². The van der Waals surface area contributed by atoms with Crippen LogP contribution in [0.3, 0.4) is 0 Å². The van der Waals surface area contributed by atoms with E-state index in [1.165, 1.54) is 45.5 Å². The highest BCUT2D eigenvalue weighted by Gasteiger charge is 2.22. The van der Waals surface area contributed by atoms with Gasteiger partial charge in [0.2, 0.25) is 10.0 Å². The van der Waals surface area contributed by atoms with Crippen LogP contribution in [-0.4, -0.2) is 45.8 Å². The molecule has 2 rings (SSSR count). The number of nitrogens with zero attached hydrogens (tertiary/aromatic N) is 1. The van der Waals surface area contributed by atoms with Gasteiger partial charge in [0.05, 0.1) is 17.6 Å². The first kappa shape index (κ1) is 20.1. The summed E-state index contributed by atoms with van der Waals surface area (Å²) in [7, 11) is 0.373. The zero-order valence-corrected chi connectivity index (χ0v) is 16.7. The van der Waals surface area contributed by atoms with Gasteiger partial charge in [0.25, 0.3) is 5.91 Å². The topological polar surface area (TPSA) is 92.8 Å². The summed E-state index contributed by atoms with van der Waals surface area (Å²) in [6.45, 7) is 0. The zero-order valence-electron chi connectivity index (χ0n) is 14.3. The molecule has 138 valence electrons. The molecule has 0 fully saturated rings. The molecule has 0 radical (unpaired) electrons. The Morgan fingerprint density at radius 3 is 2.38 bits per heavy atom. The van der Waals surface area contributed by atoms with Crippen molar-refractivity contribution in [1.29, 1.82) is 0 Å². The van der Waals surface area contributed by atoms with Crippen LogP contribution < -0.4 is 5.32 Å². The summed E-state index contributed by atoms with van der Waals surface area (Å²) in [6, 6.07) is 10.5. The van der Waals surface area contributed by atoms with Crippen LogP contribution >= 0.6 is 15.9 Å². The molecule has 0 unspecified atom stereocenters. The summed E-state index contributed by atoms with van der Waals surface area (Å²) >= 11 is 3.19. The number of hydrogen-bond acceptors (Lipinski definition) is 5. The summed E-state index contributed by atoms with van der Waals surface area (Å²) in [6.07, 6.45) is 0. The number of halogens is 1. The van der Waals surface area contributed by atoms with E-state index in [-0.39, 0.29) is 16.0 Å². The molecule has 2 aromatic rings. The number of esters is 1. The Morgan fingerprint density at radius 1 is 1.08 bits per heavy atom. The van der Waals surface area contributed by atoms with Crippen LogP contribution in [0.4, 0.5) is 5.69 Å². The van der Waals surface area contributed by atoms with Gasteiger partial charge in [-0.05, 0) is 52.3 Å². The van der Waals surface area contributed by atoms with Gasteiger partial charge in [-0.3, -0.25) is 4.79 Å². The number of anilines is 1. The standard InChI is InChI=1S/C17H17BrN2O5S/c1-20(2)26(23,24)15-10-11(7-8-14(15)18)16(21)19-13-6-4-5-12(9-13)17(22)25-3/h4-10H,1-3H3,(H,19,21). The van der Waals surface area contributed by atoms with Gasteiger partial charge in [0, 0.05) is 29.8 Å². The largest absolute Gasteiger partial charge is 0.465 e. The quantitative estimate of drug-likeness (QED) is 0.721. The molecule has 7 nitrogen and oxygen atoms in total. The predicted octanol–water partition coefficient (Wildman–Crippen LogP) is 2.74. The third-order valence-electron chi connectivity index (χ3n) is 3.49. The number of carbonyl (C=O) groups is 2. The molecule has 0 spiro atoms. The molecule has 0 saturated heterocycles. The van der Waals surface area contributed by atoms with Gasteiger partial charge < -0.3 is 10.1 Å². The Hall–Kier alpha value is -2.23. The lowest BCUT2D eigenvalue weighted by Gasteiger charge is -2.14. The molecule has 1 N–H and O–H groups in total. The number of rotatable bonds is 5. The Kier molecular flexibility index (Phi) is 6.17. The highest BCUT2D eigenvalue weighted by Crippen LogP contribution is 2.25. The van der Waals surface area contributed by atoms with Crippen LogP contribution in [-0.2, 0) is 14.8 Å². The summed E-state index contributed by atoms with van der Waals surface area (Å²) in [5.41, 5.74) is 0.840. The third-order valence-corrected chi connectivity index (χ3v) is 6.30. The van der Waals surface area contributed by atoms with E-state index >= 15 is 0 Å². The molecule has 0 atom stereocenters. The monoisotopic (exact) mass is 440 g/mol. The Bertz CT molecular complexity index is 957. The normalized spacial score (nSPS) is 11.3. The molecular formula is C17H17BrN2O5S. The molecule has 0 aliphatic heterocycles. The van der Waals surface area contributed by atoms with Crippen LogP contribution in [0.5, 0.6) is 0 Å². The first-order valence-corrected chi connectivity index (χ1v) is 9.62. The zero-order chi connectivity index (χ0) is 19.5. The van der Waals surface area contributed by atoms with Gasteiger partial charge in [0.1, 0.15) is 0 Å². The van der Waals surface area contributed by atoms with Crippen molar-refractivity contribution in [2.45, 2.75) is 4.90 Å². The lowest BCUT2D eigenvalue weighted by Crippen LogP contribution is -2.23. The van der Waals surface area contributed by atoms with E-state index in [0.717, 1.165) is 4.31 Å². The maximum Gasteiger partial charge on any atom is 0.337 e. The fraction of sp³-hybridized carbons (Fsp3) is 0.176. The second-order valence-corrected chi connectivity index (χ2v) is 8.43. The van der Waals surface area contributed by atoms with Gasteiger partial charge >= 0.3 is 5.97 Å². The van der Waals surface area contributed by atoms with E-state index in [0.29, 0.717) is 10.2 Å². The molecule has 1 amide bonds. The second kappa shape index (κ2) is 7.98. The number of methoxy groups -OCH3 is 1. The fourth-order valence-electron chi connectivity index (χ4n) is 2.08. The average molecular weight is 441 g/mol. The third kappa shape index (κ3) is 4.29. The average Bonchev–Trinajstić information content (AvgIpc) is 2.61. The highest BCUT2D eigenvalue weighted by atomic mass is 79.9. The van der Waals surface area contributed by atoms with E-state index in [1.54, 1.807) is 18.2 Å². The van der Waals surface area contributed by atoms with E-state index < -0.39 is 21.9 Å². The molecular weight excluding hydrogens is 424 g/mol. The molecule has 0 aliphatic carbocycles. The van der Waals surface area contributed by atoms with Crippen molar-refractivity contribution in [3.05, 3.63) is 58.1 Å². The minimum absolute atomic E-state index is 0.0153. The van der Waals surface area contributed by atoms with Crippen molar-refractivity contribution < 1.29 is 22.7 Å². The van der Waals surface area contributed by atoms with Crippen LogP contribution in [0, 0.1) is 0 Å². The van der Waals surface area contributed by atoms with Gasteiger partial charge in [-0.15, -0.1) is 0 Å². The smallest absolute Gasteiger partial charge is 0.337 e. The van der Waals surface area contributed by atoms with E-state index in [4.69, 9.17) is 0 Å². The Labute approximate surface area is 160 Å². The molecule has 0 aromatic heterocycles. The highest BCUT2D eigenvalue weighted by molar-refractivity contribution is 9.10. The van der Waals surface area contributed by atoms with Gasteiger partial charge in [-0.1, -0.05) is 6.07 Å². The molecule has 0 heterocycles. The Morgan fingerprint density at radius 2 is 1.77 bits per heavy atom. The van der Waals surface area contributed by atoms with Crippen molar-refractivity contribution in [1.82, 2.24) is 4.31 Å². The number of ether oxygens (including phenoxy) is 1. The van der Waals surface area contributed by atoms with E-state index in [2.05, 4.69) is 26.0 Å². The van der Waals surface area contributed by atoms with Crippen LogP contribution in [0.2, 0.25) is 0 Å². The number of benzene rings is 2. The summed E-state index contributed by atoms with van der Waals surface area (Å²) < 4.78 is 30.8. The number of carbonyl (C=O) groups excluding carboxylic acids is 2. The number of hydrogen-bond donors (Lipinski definition) is 1. The first-order chi connectivity index (χ1) is 12.2. The lowest BCUT2D eigenvalue weighted by atomic mass is 10.1. The summed E-state index contributed by atoms with van der Waals surface area (Å²) in [5.74, 6) is -1.03. The maximum atomic E-state index is 12.5. The molecule has 0 bridgehead atoms. The van der Waals surface area contributed by atoms with Gasteiger partial charge in [-0.25, -0.2) is 17.5 Å². The van der Waals surface area contributed by atoms with Crippen molar-refractivity contribution >= 4 is 43.5 Å². The summed E-state index contributed by atoms with van der Waals surface area (Å²) in [4.78, 5) is 24.0. The first-order valence-electron chi connectivity index (χ1n) is 7.38. The molecule has 26 heavy (non-hydrogen) atoms. The van der Waals surface area contributed by atoms with Crippen molar-refractivity contribution in [2.75, 3.05) is 26.5 Å². The second-order valence-electron chi connectivity index (χ2n) is 5.46. The predicted molar refractivity (Wildman–Crippen MR) is 101 cm³/mol. The van der Waals surface area contributed by atoms with Crippen molar-refractivity contribution in [3.63, 3.8) is 0 Å². The number of nitrogens with one attached hydrogen (secondary N) is 1. The minimum atomic E-state index is -3.71. The van der Waals surface area contributed by atoms with Crippen molar-refractivity contribution in [2.24, 2.45) is 0 Å². The minimum Gasteiger partial charge on any atom is -0.465 e. The molecule has 9 heteroatoms. The van der Waals surface area contributed by atoms with Crippen molar-refractivity contribution in [3.8, 4) is 0 Å². The SMILES string of the molecule is COC(=O)c1cccc(NC(=O)c2ccc(Br)c(S(=O)(=O)N(C)C)c2)c1. The fourth-order valence-corrected chi connectivity index (χ4v) is 3.93. The maximum absolute atomic E-state index is 12.5. The molecule has 2 aromatic carbocycles. The summed E-state index contributed by atoms with van der Waals surface area (Å²) in [5, 5.41) is 2.63. The van der Waals surface area contributed by atoms with Crippen LogP contribution in [0.25, 0.3) is 0 Å². The van der Waals surface area contributed by atoms with E-state index in [1.807, 2.05) is 0 Å². The number of sulfonamides is 1. The molecule has 0 aliphatic rings. The van der Waals surface area contributed by atoms with Gasteiger partial charge in [-0.2, -0.15) is 0 Å². The lowest BCUT2D eigenvalue weighted by molar-refractivity contribution is 0.0600. The van der Waals surface area contributed by atoms with E-state index in [9.17, 15) is 18.0 Å². The molecule has 0 saturated carbocycles.